The highest BCUT2D eigenvalue weighted by Crippen LogP contribution is 2.27. The van der Waals surface area contributed by atoms with Gasteiger partial charge in [-0.3, -0.25) is 0 Å². The zero-order chi connectivity index (χ0) is 9.42. The SMILES string of the molecule is Cl.Fc1cc(F)c(F)c([C@H]2CCN2)c1. The van der Waals surface area contributed by atoms with Crippen molar-refractivity contribution in [1.29, 1.82) is 0 Å². The second-order valence-corrected chi connectivity index (χ2v) is 3.09. The first-order valence-electron chi connectivity index (χ1n) is 4.06. The van der Waals surface area contributed by atoms with Crippen LogP contribution < -0.4 is 5.32 Å². The van der Waals surface area contributed by atoms with Gasteiger partial charge in [-0.25, -0.2) is 13.2 Å². The molecule has 1 N–H and O–H groups in total. The summed E-state index contributed by atoms with van der Waals surface area (Å²) in [4.78, 5) is 0. The third kappa shape index (κ3) is 1.86. The molecule has 0 aromatic heterocycles. The molecule has 0 bridgehead atoms. The molecule has 0 aliphatic carbocycles. The summed E-state index contributed by atoms with van der Waals surface area (Å²) in [5, 5.41) is 2.88. The molecule has 1 aliphatic heterocycles. The van der Waals surface area contributed by atoms with E-state index in [-0.39, 0.29) is 24.0 Å². The van der Waals surface area contributed by atoms with Gasteiger partial charge in [0.2, 0.25) is 0 Å². The maximum atomic E-state index is 13.1. The van der Waals surface area contributed by atoms with Gasteiger partial charge in [-0.15, -0.1) is 12.4 Å². The number of hydrogen-bond acceptors (Lipinski definition) is 1. The van der Waals surface area contributed by atoms with Gasteiger partial charge in [0, 0.05) is 17.7 Å². The summed E-state index contributed by atoms with van der Waals surface area (Å²) < 4.78 is 38.5. The van der Waals surface area contributed by atoms with Crippen molar-refractivity contribution in [2.24, 2.45) is 0 Å². The average molecular weight is 224 g/mol. The Morgan fingerprint density at radius 1 is 1.21 bits per heavy atom. The maximum Gasteiger partial charge on any atom is 0.163 e. The molecule has 1 heterocycles. The predicted octanol–water partition coefficient (Wildman–Crippen LogP) is 2.56. The minimum atomic E-state index is -1.12. The van der Waals surface area contributed by atoms with Gasteiger partial charge < -0.3 is 5.32 Å². The van der Waals surface area contributed by atoms with E-state index in [1.54, 1.807) is 0 Å². The van der Waals surface area contributed by atoms with Crippen molar-refractivity contribution in [2.75, 3.05) is 6.54 Å². The summed E-state index contributed by atoms with van der Waals surface area (Å²) in [7, 11) is 0. The largest absolute Gasteiger partial charge is 0.310 e. The van der Waals surface area contributed by atoms with Crippen LogP contribution in [0.1, 0.15) is 18.0 Å². The van der Waals surface area contributed by atoms with Crippen molar-refractivity contribution in [3.05, 3.63) is 35.1 Å². The highest BCUT2D eigenvalue weighted by atomic mass is 35.5. The molecule has 0 radical (unpaired) electrons. The van der Waals surface area contributed by atoms with Gasteiger partial charge in [0.1, 0.15) is 5.82 Å². The average Bonchev–Trinajstić information content (AvgIpc) is 1.95. The second kappa shape index (κ2) is 4.19. The molecule has 0 saturated carbocycles. The molecule has 0 spiro atoms. The van der Waals surface area contributed by atoms with Crippen molar-refractivity contribution >= 4 is 12.4 Å². The molecule has 14 heavy (non-hydrogen) atoms. The van der Waals surface area contributed by atoms with E-state index in [1.807, 2.05) is 0 Å². The Morgan fingerprint density at radius 3 is 2.36 bits per heavy atom. The van der Waals surface area contributed by atoms with E-state index in [0.29, 0.717) is 6.07 Å². The third-order valence-electron chi connectivity index (χ3n) is 2.22. The molecular weight excluding hydrogens is 215 g/mol. The van der Waals surface area contributed by atoms with E-state index >= 15 is 0 Å². The highest BCUT2D eigenvalue weighted by Gasteiger charge is 2.24. The Hall–Kier alpha value is -0.740. The Labute approximate surface area is 85.7 Å². The van der Waals surface area contributed by atoms with Crippen LogP contribution in [-0.2, 0) is 0 Å². The summed E-state index contributed by atoms with van der Waals surface area (Å²) >= 11 is 0. The topological polar surface area (TPSA) is 12.0 Å². The van der Waals surface area contributed by atoms with Gasteiger partial charge in [0.15, 0.2) is 11.6 Å². The van der Waals surface area contributed by atoms with E-state index in [1.165, 1.54) is 0 Å². The Kier molecular flexibility index (Phi) is 3.39. The smallest absolute Gasteiger partial charge is 0.163 e. The minimum absolute atomic E-state index is 0. The van der Waals surface area contributed by atoms with Crippen LogP contribution in [0.5, 0.6) is 0 Å². The number of hydrogen-bond donors (Lipinski definition) is 1. The van der Waals surface area contributed by atoms with Gasteiger partial charge in [-0.05, 0) is 19.0 Å². The summed E-state index contributed by atoms with van der Waals surface area (Å²) in [6.07, 6.45) is 0.722. The quantitative estimate of drug-likeness (QED) is 0.722. The van der Waals surface area contributed by atoms with Crippen LogP contribution in [0.4, 0.5) is 13.2 Å². The molecule has 1 aromatic rings. The lowest BCUT2D eigenvalue weighted by atomic mass is 9.97. The number of benzene rings is 1. The van der Waals surface area contributed by atoms with Crippen molar-refractivity contribution in [3.8, 4) is 0 Å². The summed E-state index contributed by atoms with van der Waals surface area (Å²) in [6, 6.07) is 1.36. The summed E-state index contributed by atoms with van der Waals surface area (Å²) in [5.41, 5.74) is 0.0868. The molecule has 78 valence electrons. The molecule has 1 nitrogen and oxygen atoms in total. The van der Waals surface area contributed by atoms with Crippen molar-refractivity contribution < 1.29 is 13.2 Å². The van der Waals surface area contributed by atoms with Crippen molar-refractivity contribution in [1.82, 2.24) is 5.32 Å². The van der Waals surface area contributed by atoms with Crippen LogP contribution in [0, 0.1) is 17.5 Å². The van der Waals surface area contributed by atoms with E-state index in [2.05, 4.69) is 5.32 Å². The van der Waals surface area contributed by atoms with Crippen LogP contribution in [0.2, 0.25) is 0 Å². The van der Waals surface area contributed by atoms with Crippen LogP contribution in [0.25, 0.3) is 0 Å². The van der Waals surface area contributed by atoms with Crippen LogP contribution in [0.15, 0.2) is 12.1 Å². The molecule has 1 aliphatic rings. The lowest BCUT2D eigenvalue weighted by molar-refractivity contribution is 0.360. The molecule has 1 atom stereocenters. The molecule has 0 unspecified atom stereocenters. The molecule has 0 amide bonds. The zero-order valence-electron chi connectivity index (χ0n) is 7.19. The van der Waals surface area contributed by atoms with Gasteiger partial charge in [-0.1, -0.05) is 0 Å². The van der Waals surface area contributed by atoms with E-state index in [0.717, 1.165) is 19.0 Å². The molecule has 2 rings (SSSR count). The van der Waals surface area contributed by atoms with Crippen LogP contribution in [-0.4, -0.2) is 6.54 Å². The lowest BCUT2D eigenvalue weighted by Crippen LogP contribution is -2.35. The normalized spacial score (nSPS) is 19.8. The highest BCUT2D eigenvalue weighted by molar-refractivity contribution is 5.85. The van der Waals surface area contributed by atoms with E-state index in [4.69, 9.17) is 0 Å². The van der Waals surface area contributed by atoms with Crippen molar-refractivity contribution in [3.63, 3.8) is 0 Å². The first-order chi connectivity index (χ1) is 6.18. The third-order valence-corrected chi connectivity index (χ3v) is 2.22. The summed E-state index contributed by atoms with van der Waals surface area (Å²) in [6.45, 7) is 0.766. The standard InChI is InChI=1S/C9H8F3N.ClH/c10-5-3-6(8-1-2-13-8)9(12)7(11)4-5;/h3-4,8,13H,1-2H2;1H/t8-;/m1./s1. The predicted molar refractivity (Wildman–Crippen MR) is 48.9 cm³/mol. The van der Waals surface area contributed by atoms with Gasteiger partial charge in [0.05, 0.1) is 0 Å². The molecular formula is C9H9ClF3N. The fourth-order valence-corrected chi connectivity index (χ4v) is 1.38. The fraction of sp³-hybridized carbons (Fsp3) is 0.333. The number of rotatable bonds is 1. The lowest BCUT2D eigenvalue weighted by Gasteiger charge is -2.28. The Bertz CT molecular complexity index is 339. The van der Waals surface area contributed by atoms with E-state index in [9.17, 15) is 13.2 Å². The first kappa shape index (κ1) is 11.3. The Morgan fingerprint density at radius 2 is 1.86 bits per heavy atom. The second-order valence-electron chi connectivity index (χ2n) is 3.09. The van der Waals surface area contributed by atoms with Gasteiger partial charge in [0.25, 0.3) is 0 Å². The van der Waals surface area contributed by atoms with E-state index < -0.39 is 17.5 Å². The molecule has 5 heteroatoms. The number of halogens is 4. The molecule has 1 fully saturated rings. The summed E-state index contributed by atoms with van der Waals surface area (Å²) in [5.74, 6) is -2.80. The molecule has 1 aromatic carbocycles. The zero-order valence-corrected chi connectivity index (χ0v) is 8.00. The van der Waals surface area contributed by atoms with Crippen LogP contribution >= 0.6 is 12.4 Å². The molecule has 1 saturated heterocycles. The maximum absolute atomic E-state index is 13.1. The first-order valence-corrected chi connectivity index (χ1v) is 4.06. The monoisotopic (exact) mass is 223 g/mol. The Balaban J connectivity index is 0.000000980. The van der Waals surface area contributed by atoms with Gasteiger partial charge in [-0.2, -0.15) is 0 Å². The number of nitrogens with one attached hydrogen (secondary N) is 1. The van der Waals surface area contributed by atoms with Crippen molar-refractivity contribution in [2.45, 2.75) is 12.5 Å². The van der Waals surface area contributed by atoms with Crippen LogP contribution in [0.3, 0.4) is 0 Å². The minimum Gasteiger partial charge on any atom is -0.310 e. The van der Waals surface area contributed by atoms with Gasteiger partial charge >= 0.3 is 0 Å². The fourth-order valence-electron chi connectivity index (χ4n) is 1.38.